The predicted octanol–water partition coefficient (Wildman–Crippen LogP) is -0.615. The first-order chi connectivity index (χ1) is 8.79. The second-order valence-corrected chi connectivity index (χ2v) is 3.33. The first-order valence-electron chi connectivity index (χ1n) is 4.68. The summed E-state index contributed by atoms with van der Waals surface area (Å²) in [6.45, 7) is 0. The van der Waals surface area contributed by atoms with E-state index >= 15 is 0 Å². The number of amides is 1. The molecule has 0 aromatic heterocycles. The summed E-state index contributed by atoms with van der Waals surface area (Å²) in [5, 5.41) is 26.6. The number of nitrogen functional groups attached to an aromatic ring is 1. The average molecular weight is 268 g/mol. The van der Waals surface area contributed by atoms with Gasteiger partial charge in [0.05, 0.1) is 22.3 Å². The van der Waals surface area contributed by atoms with E-state index in [0.29, 0.717) is 12.1 Å². The van der Waals surface area contributed by atoms with Gasteiger partial charge in [0.1, 0.15) is 0 Å². The van der Waals surface area contributed by atoms with Gasteiger partial charge in [-0.25, -0.2) is 20.2 Å². The number of aromatic carboxylic acids is 3. The quantitative estimate of drug-likeness (QED) is 0.273. The largest absolute Gasteiger partial charge is 0.478 e. The number of nitrogens with one attached hydrogen (secondary N) is 1. The molecule has 1 rings (SSSR count). The number of hydrogen-bond donors (Lipinski definition) is 5. The van der Waals surface area contributed by atoms with E-state index in [4.69, 9.17) is 21.2 Å². The molecule has 19 heavy (non-hydrogen) atoms. The van der Waals surface area contributed by atoms with Gasteiger partial charge in [0, 0.05) is 0 Å². The van der Waals surface area contributed by atoms with E-state index in [1.807, 2.05) is 0 Å². The number of hydrogen-bond acceptors (Lipinski definition) is 5. The number of carbonyl (C=O) groups excluding carboxylic acids is 1. The molecule has 0 aliphatic rings. The molecule has 1 aromatic rings. The standard InChI is InChI=1S/C10H8N2O7/c11-12-7(13)3-1-5(9(16)17)6(10(18)19)2-4(3)8(14)15/h1-2H,11H2,(H,12,13)(H,14,15)(H,16,17)(H,18,19). The molecule has 0 saturated carbocycles. The van der Waals surface area contributed by atoms with Crippen molar-refractivity contribution in [3.63, 3.8) is 0 Å². The summed E-state index contributed by atoms with van der Waals surface area (Å²) < 4.78 is 0. The second-order valence-electron chi connectivity index (χ2n) is 3.33. The third kappa shape index (κ3) is 2.66. The van der Waals surface area contributed by atoms with Gasteiger partial charge in [0.15, 0.2) is 0 Å². The Morgan fingerprint density at radius 2 is 1.11 bits per heavy atom. The monoisotopic (exact) mass is 268 g/mol. The molecular weight excluding hydrogens is 260 g/mol. The van der Waals surface area contributed by atoms with Gasteiger partial charge in [-0.1, -0.05) is 0 Å². The molecule has 0 aliphatic heterocycles. The van der Waals surface area contributed by atoms with Crippen molar-refractivity contribution >= 4 is 23.8 Å². The van der Waals surface area contributed by atoms with Gasteiger partial charge in [-0.3, -0.25) is 10.2 Å². The summed E-state index contributed by atoms with van der Waals surface area (Å²) >= 11 is 0. The molecule has 0 unspecified atom stereocenters. The van der Waals surface area contributed by atoms with Crippen LogP contribution in [0.3, 0.4) is 0 Å². The van der Waals surface area contributed by atoms with Crippen molar-refractivity contribution in [3.8, 4) is 0 Å². The first-order valence-corrected chi connectivity index (χ1v) is 4.68. The Morgan fingerprint density at radius 3 is 1.42 bits per heavy atom. The van der Waals surface area contributed by atoms with Gasteiger partial charge in [-0.05, 0) is 12.1 Å². The highest BCUT2D eigenvalue weighted by atomic mass is 16.4. The first kappa shape index (κ1) is 14.1. The van der Waals surface area contributed by atoms with Crippen molar-refractivity contribution in [2.24, 2.45) is 5.84 Å². The summed E-state index contributed by atoms with van der Waals surface area (Å²) in [7, 11) is 0. The minimum atomic E-state index is -1.63. The number of carbonyl (C=O) groups is 4. The van der Waals surface area contributed by atoms with E-state index < -0.39 is 46.1 Å². The van der Waals surface area contributed by atoms with Crippen LogP contribution in [0.2, 0.25) is 0 Å². The molecule has 0 heterocycles. The average Bonchev–Trinajstić information content (AvgIpc) is 2.35. The van der Waals surface area contributed by atoms with Crippen LogP contribution in [-0.4, -0.2) is 39.1 Å². The molecule has 9 heteroatoms. The van der Waals surface area contributed by atoms with Gasteiger partial charge < -0.3 is 15.3 Å². The normalized spacial score (nSPS) is 9.74. The highest BCUT2D eigenvalue weighted by Gasteiger charge is 2.24. The minimum Gasteiger partial charge on any atom is -0.478 e. The lowest BCUT2D eigenvalue weighted by atomic mass is 9.97. The minimum absolute atomic E-state index is 0.544. The molecule has 100 valence electrons. The maximum Gasteiger partial charge on any atom is 0.336 e. The van der Waals surface area contributed by atoms with E-state index in [-0.39, 0.29) is 0 Å². The molecule has 1 amide bonds. The van der Waals surface area contributed by atoms with Crippen molar-refractivity contribution in [1.29, 1.82) is 0 Å². The Hall–Kier alpha value is -2.94. The Balaban J connectivity index is 3.69. The third-order valence-electron chi connectivity index (χ3n) is 2.22. The Kier molecular flexibility index (Phi) is 3.82. The maximum absolute atomic E-state index is 11.4. The fraction of sp³-hybridized carbons (Fsp3) is 0. The van der Waals surface area contributed by atoms with Crippen LogP contribution in [0.15, 0.2) is 12.1 Å². The highest BCUT2D eigenvalue weighted by Crippen LogP contribution is 2.18. The van der Waals surface area contributed by atoms with Gasteiger partial charge >= 0.3 is 17.9 Å². The van der Waals surface area contributed by atoms with Crippen molar-refractivity contribution in [3.05, 3.63) is 34.4 Å². The van der Waals surface area contributed by atoms with Crippen LogP contribution in [0.5, 0.6) is 0 Å². The number of carboxylic acids is 3. The fourth-order valence-corrected chi connectivity index (χ4v) is 1.40. The zero-order valence-electron chi connectivity index (χ0n) is 9.21. The van der Waals surface area contributed by atoms with Crippen LogP contribution < -0.4 is 11.3 Å². The van der Waals surface area contributed by atoms with E-state index in [2.05, 4.69) is 0 Å². The van der Waals surface area contributed by atoms with Crippen LogP contribution in [-0.2, 0) is 0 Å². The Bertz CT molecular complexity index is 594. The Labute approximate surface area is 105 Å². The predicted molar refractivity (Wildman–Crippen MR) is 59.0 cm³/mol. The zero-order chi connectivity index (χ0) is 14.7. The summed E-state index contributed by atoms with van der Waals surface area (Å²) in [5.74, 6) is -1.02. The van der Waals surface area contributed by atoms with Gasteiger partial charge in [-0.15, -0.1) is 0 Å². The van der Waals surface area contributed by atoms with Crippen LogP contribution in [0, 0.1) is 0 Å². The van der Waals surface area contributed by atoms with Crippen molar-refractivity contribution in [2.75, 3.05) is 0 Å². The summed E-state index contributed by atoms with van der Waals surface area (Å²) in [4.78, 5) is 44.1. The molecule has 6 N–H and O–H groups in total. The van der Waals surface area contributed by atoms with Crippen molar-refractivity contribution in [2.45, 2.75) is 0 Å². The lowest BCUT2D eigenvalue weighted by Gasteiger charge is -2.08. The number of hydrazine groups is 1. The summed E-state index contributed by atoms with van der Waals surface area (Å²) in [6, 6.07) is 1.25. The van der Waals surface area contributed by atoms with Crippen molar-refractivity contribution in [1.82, 2.24) is 5.43 Å². The number of carboxylic acid groups (broad SMARTS) is 3. The van der Waals surface area contributed by atoms with Gasteiger partial charge in [0.25, 0.3) is 5.91 Å². The van der Waals surface area contributed by atoms with E-state index in [1.54, 1.807) is 5.43 Å². The number of rotatable bonds is 4. The number of benzene rings is 1. The summed E-state index contributed by atoms with van der Waals surface area (Å²) in [5.41, 5.74) is -1.01. The van der Waals surface area contributed by atoms with E-state index in [1.165, 1.54) is 0 Å². The molecule has 9 nitrogen and oxygen atoms in total. The highest BCUT2D eigenvalue weighted by molar-refractivity contribution is 6.10. The van der Waals surface area contributed by atoms with E-state index in [9.17, 15) is 19.2 Å². The molecular formula is C10H8N2O7. The SMILES string of the molecule is NNC(=O)c1cc(C(=O)O)c(C(=O)O)cc1C(=O)O. The van der Waals surface area contributed by atoms with Crippen molar-refractivity contribution < 1.29 is 34.5 Å². The van der Waals surface area contributed by atoms with Gasteiger partial charge in [-0.2, -0.15) is 0 Å². The third-order valence-corrected chi connectivity index (χ3v) is 2.22. The molecule has 0 radical (unpaired) electrons. The maximum atomic E-state index is 11.4. The smallest absolute Gasteiger partial charge is 0.336 e. The molecule has 0 bridgehead atoms. The molecule has 0 spiro atoms. The second kappa shape index (κ2) is 5.14. The lowest BCUT2D eigenvalue weighted by Crippen LogP contribution is -2.32. The van der Waals surface area contributed by atoms with Crippen LogP contribution in [0.4, 0.5) is 0 Å². The summed E-state index contributed by atoms with van der Waals surface area (Å²) in [6.07, 6.45) is 0. The molecule has 0 saturated heterocycles. The molecule has 0 aliphatic carbocycles. The van der Waals surface area contributed by atoms with Crippen LogP contribution >= 0.6 is 0 Å². The van der Waals surface area contributed by atoms with Crippen LogP contribution in [0.25, 0.3) is 0 Å². The zero-order valence-corrected chi connectivity index (χ0v) is 9.21. The van der Waals surface area contributed by atoms with Gasteiger partial charge in [0.2, 0.25) is 0 Å². The molecule has 0 fully saturated rings. The molecule has 0 atom stereocenters. The topological polar surface area (TPSA) is 167 Å². The number of nitrogens with two attached hydrogens (primary N) is 1. The fourth-order valence-electron chi connectivity index (χ4n) is 1.40. The Morgan fingerprint density at radius 1 is 0.789 bits per heavy atom. The van der Waals surface area contributed by atoms with Crippen LogP contribution in [0.1, 0.15) is 41.4 Å². The lowest BCUT2D eigenvalue weighted by molar-refractivity contribution is 0.0648. The molecule has 1 aromatic carbocycles. The van der Waals surface area contributed by atoms with E-state index in [0.717, 1.165) is 0 Å².